The zero-order valence-corrected chi connectivity index (χ0v) is 8.84. The van der Waals surface area contributed by atoms with Crippen molar-refractivity contribution in [3.8, 4) is 0 Å². The molecule has 1 unspecified atom stereocenters. The highest BCUT2D eigenvalue weighted by atomic mass is 32.2. The van der Waals surface area contributed by atoms with E-state index in [-0.39, 0.29) is 10.9 Å². The molecule has 0 aliphatic carbocycles. The molecule has 0 fully saturated rings. The molecule has 2 aromatic rings. The highest BCUT2D eigenvalue weighted by molar-refractivity contribution is 7.85. The van der Waals surface area contributed by atoms with Crippen LogP contribution in [0.4, 0.5) is 5.69 Å². The first kappa shape index (κ1) is 9.43. The number of hydrogen-bond acceptors (Lipinski definition) is 1. The van der Waals surface area contributed by atoms with E-state index in [0.29, 0.717) is 0 Å². The minimum atomic E-state index is -0.357. The summed E-state index contributed by atoms with van der Waals surface area (Å²) in [6.45, 7) is 2.04. The van der Waals surface area contributed by atoms with Gasteiger partial charge in [0, 0.05) is 22.9 Å². The number of fused-ring (bicyclic) bond motifs is 1. The number of aromatic nitrogens is 1. The van der Waals surface area contributed by atoms with Crippen LogP contribution in [0, 0.1) is 0 Å². The van der Waals surface area contributed by atoms with E-state index in [1.807, 2.05) is 31.3 Å². The Morgan fingerprint density at radius 3 is 3.00 bits per heavy atom. The molecule has 1 aromatic heterocycles. The SMILES string of the molecule is CCS(N)=Nc1c[nH]c2ccccc12. The van der Waals surface area contributed by atoms with Crippen LogP contribution in [-0.4, -0.2) is 10.7 Å². The highest BCUT2D eigenvalue weighted by Crippen LogP contribution is 2.25. The lowest BCUT2D eigenvalue weighted by atomic mass is 10.2. The Hall–Kier alpha value is -1.13. The van der Waals surface area contributed by atoms with Gasteiger partial charge in [-0.1, -0.05) is 25.1 Å². The van der Waals surface area contributed by atoms with Crippen LogP contribution < -0.4 is 5.14 Å². The fourth-order valence-electron chi connectivity index (χ4n) is 1.32. The third-order valence-corrected chi connectivity index (χ3v) is 3.10. The smallest absolute Gasteiger partial charge is 0.0970 e. The quantitative estimate of drug-likeness (QED) is 0.781. The summed E-state index contributed by atoms with van der Waals surface area (Å²) in [5.41, 5.74) is 2.08. The van der Waals surface area contributed by atoms with Crippen LogP contribution in [-0.2, 0) is 10.9 Å². The van der Waals surface area contributed by atoms with Crippen molar-refractivity contribution < 1.29 is 0 Å². The second-order valence-corrected chi connectivity index (χ2v) is 4.56. The lowest BCUT2D eigenvalue weighted by Crippen LogP contribution is -2.03. The number of rotatable bonds is 2. The molecule has 0 amide bonds. The Balaban J connectivity index is 2.53. The predicted molar refractivity (Wildman–Crippen MR) is 62.5 cm³/mol. The molecular weight excluding hydrogens is 194 g/mol. The summed E-state index contributed by atoms with van der Waals surface area (Å²) >= 11 is 0. The first-order valence-electron chi connectivity index (χ1n) is 4.54. The zero-order chi connectivity index (χ0) is 9.97. The number of aromatic amines is 1. The summed E-state index contributed by atoms with van der Waals surface area (Å²) in [4.78, 5) is 3.17. The maximum atomic E-state index is 5.80. The highest BCUT2D eigenvalue weighted by Gasteiger charge is 2.00. The number of hydrogen-bond donors (Lipinski definition) is 2. The minimum absolute atomic E-state index is 0.357. The molecule has 0 aliphatic heterocycles. The van der Waals surface area contributed by atoms with Crippen LogP contribution in [0.15, 0.2) is 34.8 Å². The molecule has 74 valence electrons. The molecule has 1 heterocycles. The second kappa shape index (κ2) is 3.94. The standard InChI is InChI=1S/C10H13N3S/c1-2-14(11)13-10-7-12-9-6-4-3-5-8(9)10/h3-7,12H,2H2,1H3,(H2,11,13). The van der Waals surface area contributed by atoms with Crippen LogP contribution in [0.3, 0.4) is 0 Å². The number of nitrogens with one attached hydrogen (secondary N) is 1. The van der Waals surface area contributed by atoms with Crippen molar-refractivity contribution in [2.75, 3.05) is 5.75 Å². The molecular formula is C10H13N3S. The molecule has 14 heavy (non-hydrogen) atoms. The van der Waals surface area contributed by atoms with E-state index in [2.05, 4.69) is 15.4 Å². The van der Waals surface area contributed by atoms with E-state index < -0.39 is 0 Å². The lowest BCUT2D eigenvalue weighted by Gasteiger charge is -1.95. The van der Waals surface area contributed by atoms with E-state index in [1.54, 1.807) is 0 Å². The molecule has 0 aliphatic rings. The van der Waals surface area contributed by atoms with Gasteiger partial charge in [-0.25, -0.2) is 4.36 Å². The average Bonchev–Trinajstić information content (AvgIpc) is 2.62. The van der Waals surface area contributed by atoms with Crippen molar-refractivity contribution in [3.63, 3.8) is 0 Å². The summed E-state index contributed by atoms with van der Waals surface area (Å²) in [6.07, 6.45) is 1.91. The van der Waals surface area contributed by atoms with Crippen LogP contribution in [0.1, 0.15) is 6.92 Å². The van der Waals surface area contributed by atoms with Crippen LogP contribution in [0.2, 0.25) is 0 Å². The Kier molecular flexibility index (Phi) is 2.65. The second-order valence-electron chi connectivity index (χ2n) is 3.00. The predicted octanol–water partition coefficient (Wildman–Crippen LogP) is 2.49. The summed E-state index contributed by atoms with van der Waals surface area (Å²) in [6, 6.07) is 8.10. The average molecular weight is 207 g/mol. The summed E-state index contributed by atoms with van der Waals surface area (Å²) in [5.74, 6) is 0.888. The molecule has 0 radical (unpaired) electrons. The van der Waals surface area contributed by atoms with Gasteiger partial charge in [0.05, 0.1) is 5.69 Å². The summed E-state index contributed by atoms with van der Waals surface area (Å²) in [5, 5.41) is 6.94. The molecule has 4 heteroatoms. The van der Waals surface area contributed by atoms with Crippen molar-refractivity contribution in [2.45, 2.75) is 6.92 Å². The van der Waals surface area contributed by atoms with E-state index in [1.165, 1.54) is 0 Å². The van der Waals surface area contributed by atoms with Gasteiger partial charge in [0.1, 0.15) is 0 Å². The molecule has 0 saturated carbocycles. The molecule has 1 aromatic carbocycles. The molecule has 0 bridgehead atoms. The maximum Gasteiger partial charge on any atom is 0.0970 e. The van der Waals surface area contributed by atoms with Crippen molar-refractivity contribution in [1.29, 1.82) is 0 Å². The third-order valence-electron chi connectivity index (χ3n) is 2.08. The van der Waals surface area contributed by atoms with Gasteiger partial charge in [0.15, 0.2) is 0 Å². The zero-order valence-electron chi connectivity index (χ0n) is 8.03. The largest absolute Gasteiger partial charge is 0.359 e. The van der Waals surface area contributed by atoms with Gasteiger partial charge in [-0.2, -0.15) is 0 Å². The first-order valence-corrected chi connectivity index (χ1v) is 5.96. The molecule has 0 spiro atoms. The van der Waals surface area contributed by atoms with Crippen molar-refractivity contribution in [2.24, 2.45) is 9.50 Å². The van der Waals surface area contributed by atoms with Gasteiger partial charge >= 0.3 is 0 Å². The number of para-hydroxylation sites is 1. The van der Waals surface area contributed by atoms with E-state index in [9.17, 15) is 0 Å². The Bertz CT molecular complexity index is 473. The first-order chi connectivity index (χ1) is 6.81. The molecule has 3 N–H and O–H groups in total. The lowest BCUT2D eigenvalue weighted by molar-refractivity contribution is 1.44. The van der Waals surface area contributed by atoms with E-state index in [4.69, 9.17) is 5.14 Å². The third kappa shape index (κ3) is 1.71. The van der Waals surface area contributed by atoms with Gasteiger partial charge in [0.2, 0.25) is 0 Å². The fraction of sp³-hybridized carbons (Fsp3) is 0.200. The van der Waals surface area contributed by atoms with Gasteiger partial charge in [-0.3, -0.25) is 5.14 Å². The van der Waals surface area contributed by atoms with Crippen molar-refractivity contribution >= 4 is 27.5 Å². The van der Waals surface area contributed by atoms with Gasteiger partial charge in [0.25, 0.3) is 0 Å². The fourth-order valence-corrected chi connectivity index (χ4v) is 1.86. The Morgan fingerprint density at radius 1 is 1.43 bits per heavy atom. The van der Waals surface area contributed by atoms with Gasteiger partial charge in [-0.05, 0) is 16.9 Å². The normalized spacial score (nSPS) is 13.6. The van der Waals surface area contributed by atoms with Crippen LogP contribution in [0.5, 0.6) is 0 Å². The molecule has 0 saturated heterocycles. The number of nitrogens with zero attached hydrogens (tertiary/aromatic N) is 1. The molecule has 2 rings (SSSR count). The van der Waals surface area contributed by atoms with Crippen LogP contribution in [0.25, 0.3) is 10.9 Å². The van der Waals surface area contributed by atoms with E-state index in [0.717, 1.165) is 22.3 Å². The van der Waals surface area contributed by atoms with Crippen LogP contribution >= 0.6 is 0 Å². The minimum Gasteiger partial charge on any atom is -0.359 e. The van der Waals surface area contributed by atoms with Crippen molar-refractivity contribution in [1.82, 2.24) is 4.98 Å². The van der Waals surface area contributed by atoms with E-state index >= 15 is 0 Å². The molecule has 3 nitrogen and oxygen atoms in total. The topological polar surface area (TPSA) is 54.2 Å². The Labute approximate surface area is 85.6 Å². The summed E-state index contributed by atoms with van der Waals surface area (Å²) in [7, 11) is -0.357. The number of benzene rings is 1. The number of H-pyrrole nitrogens is 1. The summed E-state index contributed by atoms with van der Waals surface area (Å²) < 4.78 is 4.44. The Morgan fingerprint density at radius 2 is 2.21 bits per heavy atom. The van der Waals surface area contributed by atoms with Gasteiger partial charge in [-0.15, -0.1) is 0 Å². The number of nitrogens with two attached hydrogens (primary N) is 1. The molecule has 1 atom stereocenters. The monoisotopic (exact) mass is 207 g/mol. The van der Waals surface area contributed by atoms with Gasteiger partial charge < -0.3 is 4.98 Å². The van der Waals surface area contributed by atoms with Crippen molar-refractivity contribution in [3.05, 3.63) is 30.5 Å². The maximum absolute atomic E-state index is 5.80.